The molecule has 0 radical (unpaired) electrons. The van der Waals surface area contributed by atoms with Gasteiger partial charge in [-0.2, -0.15) is 0 Å². The van der Waals surface area contributed by atoms with Crippen molar-refractivity contribution in [3.05, 3.63) is 35.4 Å². The van der Waals surface area contributed by atoms with Gasteiger partial charge in [-0.25, -0.2) is 0 Å². The minimum absolute atomic E-state index is 0.533. The van der Waals surface area contributed by atoms with Gasteiger partial charge in [0, 0.05) is 5.56 Å². The van der Waals surface area contributed by atoms with Gasteiger partial charge < -0.3 is 10.2 Å². The standard InChI is InChI=1S/C8H10O2.C2H6/c1-6-2-4-7(5-3-6)8(9)10;1-2/h2-5,8-10H,1H3;1-2H3. The van der Waals surface area contributed by atoms with Crippen LogP contribution in [0.25, 0.3) is 0 Å². The summed E-state index contributed by atoms with van der Waals surface area (Å²) in [5.41, 5.74) is 1.65. The molecule has 0 atom stereocenters. The molecule has 68 valence electrons. The number of hydrogen-bond donors (Lipinski definition) is 2. The van der Waals surface area contributed by atoms with Crippen molar-refractivity contribution in [3.63, 3.8) is 0 Å². The van der Waals surface area contributed by atoms with Crippen LogP contribution in [0.15, 0.2) is 24.3 Å². The molecule has 0 spiro atoms. The summed E-state index contributed by atoms with van der Waals surface area (Å²) in [6.07, 6.45) is -1.35. The Kier molecular flexibility index (Phi) is 5.34. The zero-order chi connectivity index (χ0) is 9.56. The highest BCUT2D eigenvalue weighted by atomic mass is 16.5. The molecule has 2 nitrogen and oxygen atoms in total. The first kappa shape index (κ1) is 11.1. The zero-order valence-corrected chi connectivity index (χ0v) is 7.78. The van der Waals surface area contributed by atoms with E-state index in [2.05, 4.69) is 0 Å². The summed E-state index contributed by atoms with van der Waals surface area (Å²) in [6, 6.07) is 7.07. The van der Waals surface area contributed by atoms with Crippen LogP contribution >= 0.6 is 0 Å². The van der Waals surface area contributed by atoms with Crippen LogP contribution in [0.3, 0.4) is 0 Å². The first-order valence-electron chi connectivity index (χ1n) is 4.13. The van der Waals surface area contributed by atoms with E-state index in [-0.39, 0.29) is 0 Å². The first-order valence-corrected chi connectivity index (χ1v) is 4.13. The number of aryl methyl sites for hydroxylation is 1. The number of aliphatic hydroxyl groups is 2. The molecule has 0 aliphatic carbocycles. The normalized spacial score (nSPS) is 9.17. The van der Waals surface area contributed by atoms with Crippen molar-refractivity contribution >= 4 is 0 Å². The quantitative estimate of drug-likeness (QED) is 0.630. The Morgan fingerprint density at radius 2 is 1.42 bits per heavy atom. The summed E-state index contributed by atoms with van der Waals surface area (Å²) >= 11 is 0. The molecule has 1 rings (SSSR count). The second-order valence-electron chi connectivity index (χ2n) is 2.28. The van der Waals surface area contributed by atoms with Crippen LogP contribution in [0.4, 0.5) is 0 Å². The highest BCUT2D eigenvalue weighted by Gasteiger charge is 1.98. The van der Waals surface area contributed by atoms with E-state index in [1.165, 1.54) is 0 Å². The third-order valence-electron chi connectivity index (χ3n) is 1.38. The molecule has 12 heavy (non-hydrogen) atoms. The molecule has 0 aliphatic rings. The zero-order valence-electron chi connectivity index (χ0n) is 7.78. The maximum Gasteiger partial charge on any atom is 0.178 e. The van der Waals surface area contributed by atoms with E-state index in [0.717, 1.165) is 5.56 Å². The molecular weight excluding hydrogens is 152 g/mol. The van der Waals surface area contributed by atoms with Gasteiger partial charge in [0.15, 0.2) is 6.29 Å². The van der Waals surface area contributed by atoms with E-state index in [1.807, 2.05) is 32.9 Å². The van der Waals surface area contributed by atoms with Gasteiger partial charge in [-0.3, -0.25) is 0 Å². The van der Waals surface area contributed by atoms with Gasteiger partial charge >= 0.3 is 0 Å². The van der Waals surface area contributed by atoms with Crippen LogP contribution in [0.5, 0.6) is 0 Å². The number of aliphatic hydroxyl groups excluding tert-OH is 1. The fourth-order valence-corrected chi connectivity index (χ4v) is 0.739. The van der Waals surface area contributed by atoms with E-state index in [9.17, 15) is 0 Å². The lowest BCUT2D eigenvalue weighted by Gasteiger charge is -2.02. The number of hydrogen-bond acceptors (Lipinski definition) is 2. The Morgan fingerprint density at radius 1 is 1.00 bits per heavy atom. The summed E-state index contributed by atoms with van der Waals surface area (Å²) in [5, 5.41) is 17.3. The fraction of sp³-hybridized carbons (Fsp3) is 0.400. The molecule has 2 heteroatoms. The predicted octanol–water partition coefficient (Wildman–Crippen LogP) is 2.00. The van der Waals surface area contributed by atoms with Crippen LogP contribution < -0.4 is 0 Å². The van der Waals surface area contributed by atoms with Gasteiger partial charge in [-0.15, -0.1) is 0 Å². The molecule has 0 saturated heterocycles. The van der Waals surface area contributed by atoms with Crippen molar-refractivity contribution < 1.29 is 10.2 Å². The molecular formula is C10H16O2. The second-order valence-corrected chi connectivity index (χ2v) is 2.28. The lowest BCUT2D eigenvalue weighted by atomic mass is 10.1. The van der Waals surface area contributed by atoms with Crippen molar-refractivity contribution in [2.45, 2.75) is 27.1 Å². The number of benzene rings is 1. The van der Waals surface area contributed by atoms with Gasteiger partial charge in [0.25, 0.3) is 0 Å². The average molecular weight is 168 g/mol. The maximum absolute atomic E-state index is 8.67. The Bertz CT molecular complexity index is 202. The van der Waals surface area contributed by atoms with Gasteiger partial charge in [0.1, 0.15) is 0 Å². The predicted molar refractivity (Wildman–Crippen MR) is 49.7 cm³/mol. The Morgan fingerprint density at radius 3 is 1.75 bits per heavy atom. The van der Waals surface area contributed by atoms with Gasteiger partial charge in [0.05, 0.1) is 0 Å². The first-order chi connectivity index (χ1) is 5.70. The van der Waals surface area contributed by atoms with E-state index in [4.69, 9.17) is 10.2 Å². The lowest BCUT2D eigenvalue weighted by Crippen LogP contribution is -1.93. The molecule has 1 aromatic rings. The number of rotatable bonds is 1. The summed E-state index contributed by atoms with van der Waals surface area (Å²) in [5.74, 6) is 0. The minimum atomic E-state index is -1.35. The Balaban J connectivity index is 0.000000561. The Hall–Kier alpha value is -0.860. The highest BCUT2D eigenvalue weighted by Crippen LogP contribution is 2.09. The smallest absolute Gasteiger partial charge is 0.178 e. The topological polar surface area (TPSA) is 40.5 Å². The molecule has 1 aromatic carbocycles. The van der Waals surface area contributed by atoms with E-state index in [1.54, 1.807) is 12.1 Å². The third kappa shape index (κ3) is 3.51. The van der Waals surface area contributed by atoms with Crippen LogP contribution in [-0.4, -0.2) is 10.2 Å². The molecule has 0 amide bonds. The van der Waals surface area contributed by atoms with Crippen LogP contribution in [0, 0.1) is 6.92 Å². The summed E-state index contributed by atoms with van der Waals surface area (Å²) in [4.78, 5) is 0. The van der Waals surface area contributed by atoms with Crippen molar-refractivity contribution in [1.82, 2.24) is 0 Å². The van der Waals surface area contributed by atoms with Crippen LogP contribution in [0.1, 0.15) is 31.3 Å². The van der Waals surface area contributed by atoms with E-state index >= 15 is 0 Å². The minimum Gasteiger partial charge on any atom is -0.364 e. The highest BCUT2D eigenvalue weighted by molar-refractivity contribution is 5.21. The summed E-state index contributed by atoms with van der Waals surface area (Å²) in [7, 11) is 0. The second kappa shape index (κ2) is 5.75. The molecule has 0 saturated carbocycles. The van der Waals surface area contributed by atoms with E-state index in [0.29, 0.717) is 5.56 Å². The molecule has 0 heterocycles. The Labute approximate surface area is 73.5 Å². The van der Waals surface area contributed by atoms with Crippen molar-refractivity contribution in [1.29, 1.82) is 0 Å². The van der Waals surface area contributed by atoms with E-state index < -0.39 is 6.29 Å². The largest absolute Gasteiger partial charge is 0.364 e. The third-order valence-corrected chi connectivity index (χ3v) is 1.38. The van der Waals surface area contributed by atoms with Crippen molar-refractivity contribution in [2.75, 3.05) is 0 Å². The van der Waals surface area contributed by atoms with Gasteiger partial charge in [-0.05, 0) is 6.92 Å². The van der Waals surface area contributed by atoms with Crippen LogP contribution in [-0.2, 0) is 0 Å². The maximum atomic E-state index is 8.67. The lowest BCUT2D eigenvalue weighted by molar-refractivity contribution is -0.0424. The molecule has 0 fully saturated rings. The van der Waals surface area contributed by atoms with Crippen molar-refractivity contribution in [2.24, 2.45) is 0 Å². The molecule has 0 aromatic heterocycles. The van der Waals surface area contributed by atoms with Gasteiger partial charge in [0.2, 0.25) is 0 Å². The monoisotopic (exact) mass is 168 g/mol. The van der Waals surface area contributed by atoms with Crippen molar-refractivity contribution in [3.8, 4) is 0 Å². The van der Waals surface area contributed by atoms with Crippen LogP contribution in [0.2, 0.25) is 0 Å². The SMILES string of the molecule is CC.Cc1ccc(C(O)O)cc1. The molecule has 0 aliphatic heterocycles. The molecule has 0 unspecified atom stereocenters. The summed E-state index contributed by atoms with van der Waals surface area (Å²) < 4.78 is 0. The fourth-order valence-electron chi connectivity index (χ4n) is 0.739. The summed E-state index contributed by atoms with van der Waals surface area (Å²) in [6.45, 7) is 5.95. The molecule has 2 N–H and O–H groups in total. The van der Waals surface area contributed by atoms with Gasteiger partial charge in [-0.1, -0.05) is 43.7 Å². The molecule has 0 bridgehead atoms. The average Bonchev–Trinajstić information content (AvgIpc) is 2.09.